The molecular formula is C11H16N3O. The predicted octanol–water partition coefficient (Wildman–Crippen LogP) is 1.81. The summed E-state index contributed by atoms with van der Waals surface area (Å²) >= 11 is 0. The first-order valence-electron chi connectivity index (χ1n) is 5.52. The molecule has 1 aromatic rings. The molecule has 1 aliphatic rings. The van der Waals surface area contributed by atoms with Gasteiger partial charge in [0.1, 0.15) is 0 Å². The van der Waals surface area contributed by atoms with E-state index in [-0.39, 0.29) is 0 Å². The topological polar surface area (TPSA) is 69.6 Å². The number of hydrogen-bond acceptors (Lipinski definition) is 2. The summed E-state index contributed by atoms with van der Waals surface area (Å²) in [6.45, 7) is 0. The fourth-order valence-electron chi connectivity index (χ4n) is 2.46. The second-order valence-electron chi connectivity index (χ2n) is 4.28. The summed E-state index contributed by atoms with van der Waals surface area (Å²) in [6.07, 6.45) is 7.67. The summed E-state index contributed by atoms with van der Waals surface area (Å²) in [7, 11) is 0. The summed E-state index contributed by atoms with van der Waals surface area (Å²) < 4.78 is 0. The van der Waals surface area contributed by atoms with E-state index in [2.05, 4.69) is 10.2 Å². The van der Waals surface area contributed by atoms with E-state index in [0.717, 1.165) is 31.4 Å². The zero-order valence-electron chi connectivity index (χ0n) is 8.75. The molecule has 1 radical (unpaired) electrons. The standard InChI is InChI=1S/C11H16N3O/c12-10(15)11(9-5-8-13-14-9)6-3-1-2-4-7-11/h5,8,12H,1-4,6-7H2,(H,13,14). The van der Waals surface area contributed by atoms with Crippen molar-refractivity contribution < 1.29 is 4.79 Å². The van der Waals surface area contributed by atoms with E-state index in [9.17, 15) is 4.79 Å². The van der Waals surface area contributed by atoms with Gasteiger partial charge in [0.15, 0.2) is 0 Å². The highest BCUT2D eigenvalue weighted by atomic mass is 16.1. The minimum atomic E-state index is -0.628. The Morgan fingerprint density at radius 3 is 2.47 bits per heavy atom. The molecule has 1 fully saturated rings. The third-order valence-corrected chi connectivity index (χ3v) is 3.38. The smallest absolute Gasteiger partial charge is 0.250 e. The van der Waals surface area contributed by atoms with E-state index in [1.807, 2.05) is 6.07 Å². The molecule has 0 bridgehead atoms. The molecule has 0 atom stereocenters. The van der Waals surface area contributed by atoms with Crippen molar-refractivity contribution in [3.05, 3.63) is 18.0 Å². The number of H-pyrrole nitrogens is 1. The summed E-state index contributed by atoms with van der Waals surface area (Å²) in [4.78, 5) is 11.6. The Balaban J connectivity index is 2.34. The molecule has 1 aliphatic carbocycles. The fraction of sp³-hybridized carbons (Fsp3) is 0.636. The lowest BCUT2D eigenvalue weighted by Crippen LogP contribution is -2.36. The van der Waals surface area contributed by atoms with Crippen molar-refractivity contribution in [1.29, 1.82) is 0 Å². The van der Waals surface area contributed by atoms with Gasteiger partial charge in [0, 0.05) is 6.20 Å². The van der Waals surface area contributed by atoms with Gasteiger partial charge in [-0.1, -0.05) is 25.7 Å². The molecule has 2 N–H and O–H groups in total. The van der Waals surface area contributed by atoms with Gasteiger partial charge in [-0.15, -0.1) is 0 Å². The first-order valence-corrected chi connectivity index (χ1v) is 5.52. The van der Waals surface area contributed by atoms with Crippen molar-refractivity contribution >= 4 is 5.91 Å². The molecule has 1 aromatic heterocycles. The molecule has 4 heteroatoms. The normalized spacial score (nSPS) is 20.8. The van der Waals surface area contributed by atoms with Crippen molar-refractivity contribution in [1.82, 2.24) is 15.9 Å². The fourth-order valence-corrected chi connectivity index (χ4v) is 2.46. The van der Waals surface area contributed by atoms with Crippen molar-refractivity contribution in [2.45, 2.75) is 43.9 Å². The number of carbonyl (C=O) groups is 1. The summed E-state index contributed by atoms with van der Waals surface area (Å²) in [5, 5.41) is 6.85. The molecule has 2 rings (SSSR count). The Hall–Kier alpha value is -1.32. The zero-order valence-corrected chi connectivity index (χ0v) is 8.75. The Morgan fingerprint density at radius 2 is 2.00 bits per heavy atom. The predicted molar refractivity (Wildman–Crippen MR) is 56.1 cm³/mol. The van der Waals surface area contributed by atoms with Gasteiger partial charge in [0.25, 0.3) is 5.91 Å². The number of aromatic amines is 1. The van der Waals surface area contributed by atoms with Crippen LogP contribution in [0.4, 0.5) is 0 Å². The SMILES string of the molecule is [NH]C(=O)C1(c2cc[nH]n2)CCCCCC1. The Kier molecular flexibility index (Phi) is 2.75. The van der Waals surface area contributed by atoms with Gasteiger partial charge in [0.05, 0.1) is 11.1 Å². The summed E-state index contributed by atoms with van der Waals surface area (Å²) in [5.74, 6) is -0.475. The second kappa shape index (κ2) is 4.04. The molecule has 81 valence electrons. The average Bonchev–Trinajstić information content (AvgIpc) is 2.63. The van der Waals surface area contributed by atoms with Gasteiger partial charge < -0.3 is 0 Å². The Bertz CT molecular complexity index is 324. The summed E-state index contributed by atoms with van der Waals surface area (Å²) in [5.41, 5.74) is 7.63. The van der Waals surface area contributed by atoms with Gasteiger partial charge in [-0.25, -0.2) is 0 Å². The van der Waals surface area contributed by atoms with Gasteiger partial charge in [0.2, 0.25) is 0 Å². The lowest BCUT2D eigenvalue weighted by molar-refractivity contribution is -0.124. The lowest BCUT2D eigenvalue weighted by Gasteiger charge is -2.26. The first kappa shape index (κ1) is 10.2. The van der Waals surface area contributed by atoms with Crippen LogP contribution in [0.5, 0.6) is 0 Å². The zero-order chi connectivity index (χ0) is 10.7. The molecule has 1 heterocycles. The molecule has 0 aliphatic heterocycles. The van der Waals surface area contributed by atoms with Crippen LogP contribution in [0.2, 0.25) is 0 Å². The molecule has 0 unspecified atom stereocenters. The maximum Gasteiger partial charge on any atom is 0.250 e. The molecular weight excluding hydrogens is 190 g/mol. The van der Waals surface area contributed by atoms with Crippen LogP contribution in [0, 0.1) is 0 Å². The van der Waals surface area contributed by atoms with Crippen molar-refractivity contribution in [2.75, 3.05) is 0 Å². The number of carbonyl (C=O) groups excluding carboxylic acids is 1. The first-order chi connectivity index (χ1) is 7.26. The molecule has 4 nitrogen and oxygen atoms in total. The quantitative estimate of drug-likeness (QED) is 0.750. The van der Waals surface area contributed by atoms with E-state index in [1.54, 1.807) is 6.20 Å². The van der Waals surface area contributed by atoms with Crippen LogP contribution >= 0.6 is 0 Å². The van der Waals surface area contributed by atoms with Crippen molar-refractivity contribution in [3.8, 4) is 0 Å². The van der Waals surface area contributed by atoms with Crippen LogP contribution in [-0.2, 0) is 10.2 Å². The number of hydrogen-bond donors (Lipinski definition) is 1. The maximum atomic E-state index is 11.6. The number of amides is 1. The van der Waals surface area contributed by atoms with Crippen LogP contribution in [0.25, 0.3) is 0 Å². The highest BCUT2D eigenvalue weighted by Crippen LogP contribution is 2.37. The van der Waals surface area contributed by atoms with Crippen LogP contribution in [0.1, 0.15) is 44.2 Å². The molecule has 0 spiro atoms. The van der Waals surface area contributed by atoms with Gasteiger partial charge in [-0.3, -0.25) is 15.6 Å². The van der Waals surface area contributed by atoms with Gasteiger partial charge >= 0.3 is 0 Å². The van der Waals surface area contributed by atoms with Crippen molar-refractivity contribution in [3.63, 3.8) is 0 Å². The van der Waals surface area contributed by atoms with E-state index < -0.39 is 11.3 Å². The number of aromatic nitrogens is 2. The highest BCUT2D eigenvalue weighted by molar-refractivity contribution is 5.85. The molecule has 0 saturated heterocycles. The molecule has 1 saturated carbocycles. The number of nitrogens with one attached hydrogen (secondary N) is 2. The Labute approximate surface area is 89.2 Å². The average molecular weight is 206 g/mol. The third-order valence-electron chi connectivity index (χ3n) is 3.38. The lowest BCUT2D eigenvalue weighted by atomic mass is 9.77. The maximum absolute atomic E-state index is 11.6. The number of nitrogens with zero attached hydrogens (tertiary/aromatic N) is 1. The molecule has 15 heavy (non-hydrogen) atoms. The monoisotopic (exact) mass is 206 g/mol. The molecule has 1 amide bonds. The van der Waals surface area contributed by atoms with Crippen LogP contribution in [0.15, 0.2) is 12.3 Å². The highest BCUT2D eigenvalue weighted by Gasteiger charge is 2.40. The summed E-state index contributed by atoms with van der Waals surface area (Å²) in [6, 6.07) is 1.83. The van der Waals surface area contributed by atoms with Gasteiger partial charge in [-0.05, 0) is 18.9 Å². The van der Waals surface area contributed by atoms with Crippen molar-refractivity contribution in [2.24, 2.45) is 0 Å². The van der Waals surface area contributed by atoms with E-state index >= 15 is 0 Å². The second-order valence-corrected chi connectivity index (χ2v) is 4.28. The molecule has 0 aromatic carbocycles. The van der Waals surface area contributed by atoms with Gasteiger partial charge in [-0.2, -0.15) is 5.10 Å². The number of rotatable bonds is 2. The largest absolute Gasteiger partial charge is 0.285 e. The minimum absolute atomic E-state index is 0.475. The van der Waals surface area contributed by atoms with Crippen LogP contribution in [0.3, 0.4) is 0 Å². The van der Waals surface area contributed by atoms with Crippen LogP contribution in [-0.4, -0.2) is 16.1 Å². The van der Waals surface area contributed by atoms with E-state index in [0.29, 0.717) is 0 Å². The van der Waals surface area contributed by atoms with E-state index in [1.165, 1.54) is 12.8 Å². The van der Waals surface area contributed by atoms with Crippen LogP contribution < -0.4 is 5.73 Å². The van der Waals surface area contributed by atoms with E-state index in [4.69, 9.17) is 5.73 Å². The Morgan fingerprint density at radius 1 is 1.33 bits per heavy atom. The third kappa shape index (κ3) is 1.76. The minimum Gasteiger partial charge on any atom is -0.285 e.